The zero-order chi connectivity index (χ0) is 33.7. The van der Waals surface area contributed by atoms with Crippen molar-refractivity contribution in [1.82, 2.24) is 0 Å². The summed E-state index contributed by atoms with van der Waals surface area (Å²) in [4.78, 5) is 2.38. The first-order valence-corrected chi connectivity index (χ1v) is 18.1. The van der Waals surface area contributed by atoms with Crippen LogP contribution < -0.4 is 4.90 Å². The Hall–Kier alpha value is -6.42. The molecule has 0 spiro atoms. The zero-order valence-corrected chi connectivity index (χ0v) is 28.5. The molecule has 2 nitrogen and oxygen atoms in total. The average molecular weight is 670 g/mol. The maximum absolute atomic E-state index is 6.39. The Bertz CT molecular complexity index is 2860. The van der Waals surface area contributed by atoms with Crippen molar-refractivity contribution < 1.29 is 4.42 Å². The van der Waals surface area contributed by atoms with Gasteiger partial charge in [0.2, 0.25) is 0 Å². The first-order chi connectivity index (χ1) is 25.3. The van der Waals surface area contributed by atoms with E-state index in [1.165, 1.54) is 48.0 Å². The van der Waals surface area contributed by atoms with Crippen molar-refractivity contribution in [2.45, 2.75) is 0 Å². The van der Waals surface area contributed by atoms with E-state index in [4.69, 9.17) is 4.42 Å². The van der Waals surface area contributed by atoms with Crippen molar-refractivity contribution in [2.75, 3.05) is 4.90 Å². The van der Waals surface area contributed by atoms with Crippen LogP contribution in [0.4, 0.5) is 17.1 Å². The Labute approximate surface area is 300 Å². The van der Waals surface area contributed by atoms with Crippen LogP contribution >= 0.6 is 11.3 Å². The highest BCUT2D eigenvalue weighted by Crippen LogP contribution is 2.45. The lowest BCUT2D eigenvalue weighted by molar-refractivity contribution is 0.669. The lowest BCUT2D eigenvalue weighted by Gasteiger charge is -2.27. The molecule has 0 aliphatic heterocycles. The van der Waals surface area contributed by atoms with Gasteiger partial charge in [0, 0.05) is 36.9 Å². The lowest BCUT2D eigenvalue weighted by atomic mass is 9.94. The molecular weight excluding hydrogens is 639 g/mol. The molecule has 10 aromatic rings. The third-order valence-electron chi connectivity index (χ3n) is 9.89. The number of nitrogens with zero attached hydrogens (tertiary/aromatic N) is 1. The first-order valence-electron chi connectivity index (χ1n) is 17.3. The Kier molecular flexibility index (Phi) is 7.04. The summed E-state index contributed by atoms with van der Waals surface area (Å²) in [6.45, 7) is 0. The summed E-state index contributed by atoms with van der Waals surface area (Å²) < 4.78 is 9.03. The molecule has 0 bridgehead atoms. The fourth-order valence-corrected chi connectivity index (χ4v) is 8.79. The van der Waals surface area contributed by atoms with Crippen molar-refractivity contribution in [3.8, 4) is 33.4 Å². The van der Waals surface area contributed by atoms with E-state index in [0.29, 0.717) is 0 Å². The first kappa shape index (κ1) is 29.5. The van der Waals surface area contributed by atoms with Gasteiger partial charge in [-0.1, -0.05) is 140 Å². The second-order valence-electron chi connectivity index (χ2n) is 12.9. The van der Waals surface area contributed by atoms with Crippen LogP contribution in [0.5, 0.6) is 0 Å². The van der Waals surface area contributed by atoms with Crippen LogP contribution in [0.25, 0.3) is 75.5 Å². The maximum atomic E-state index is 6.39. The van der Waals surface area contributed by atoms with Crippen molar-refractivity contribution >= 4 is 70.5 Å². The van der Waals surface area contributed by atoms with Gasteiger partial charge in [0.15, 0.2) is 0 Å². The van der Waals surface area contributed by atoms with Gasteiger partial charge in [-0.25, -0.2) is 0 Å². The Morgan fingerprint density at radius 2 is 1.00 bits per heavy atom. The number of thiophene rings is 1. The van der Waals surface area contributed by atoms with Gasteiger partial charge >= 0.3 is 0 Å². The summed E-state index contributed by atoms with van der Waals surface area (Å²) >= 11 is 1.87. The minimum Gasteiger partial charge on any atom is -0.456 e. The van der Waals surface area contributed by atoms with Crippen LogP contribution in [0.1, 0.15) is 0 Å². The second kappa shape index (κ2) is 12.2. The van der Waals surface area contributed by atoms with Crippen LogP contribution in [0.15, 0.2) is 192 Å². The second-order valence-corrected chi connectivity index (χ2v) is 13.9. The fourth-order valence-electron chi connectivity index (χ4n) is 7.55. The van der Waals surface area contributed by atoms with E-state index >= 15 is 0 Å². The molecule has 0 saturated carbocycles. The summed E-state index contributed by atoms with van der Waals surface area (Å²) in [5.74, 6) is 0. The number of benzene rings is 8. The number of anilines is 3. The van der Waals surface area contributed by atoms with Gasteiger partial charge in [-0.05, 0) is 81.9 Å². The van der Waals surface area contributed by atoms with Crippen molar-refractivity contribution in [3.63, 3.8) is 0 Å². The standard InChI is InChI=1S/C48H31NOS/c1-2-13-32(14-3-1)37-17-4-5-18-38(37)34-15-10-16-36(31-34)49(43-23-12-25-45-47(43)42-20-6-8-24-44(42)50-45)35-29-27-33(28-30-35)39-21-11-22-41-40-19-7-9-26-46(40)51-48(39)41/h1-31H. The van der Waals surface area contributed by atoms with E-state index in [-0.39, 0.29) is 0 Å². The molecule has 0 aliphatic rings. The molecule has 3 heteroatoms. The summed E-state index contributed by atoms with van der Waals surface area (Å²) in [5, 5.41) is 4.83. The molecule has 2 aromatic heterocycles. The van der Waals surface area contributed by atoms with E-state index in [9.17, 15) is 0 Å². The zero-order valence-electron chi connectivity index (χ0n) is 27.7. The van der Waals surface area contributed by atoms with Crippen LogP contribution in [0.2, 0.25) is 0 Å². The third kappa shape index (κ3) is 5.01. The predicted octanol–water partition coefficient (Wildman–Crippen LogP) is 14.4. The number of furan rings is 1. The molecule has 51 heavy (non-hydrogen) atoms. The number of rotatable bonds is 6. The van der Waals surface area contributed by atoms with Gasteiger partial charge in [-0.3, -0.25) is 0 Å². The number of hydrogen-bond acceptors (Lipinski definition) is 3. The molecule has 0 aliphatic carbocycles. The van der Waals surface area contributed by atoms with Gasteiger partial charge in [0.05, 0.1) is 11.1 Å². The third-order valence-corrected chi connectivity index (χ3v) is 11.1. The van der Waals surface area contributed by atoms with Crippen LogP contribution in [-0.4, -0.2) is 0 Å². The number of hydrogen-bond donors (Lipinski definition) is 0. The molecule has 0 amide bonds. The summed E-state index contributed by atoms with van der Waals surface area (Å²) in [6.07, 6.45) is 0. The molecule has 2 heterocycles. The Morgan fingerprint density at radius 3 is 1.86 bits per heavy atom. The molecule has 0 saturated heterocycles. The number of fused-ring (bicyclic) bond motifs is 6. The molecule has 0 fully saturated rings. The average Bonchev–Trinajstić information content (AvgIpc) is 3.78. The van der Waals surface area contributed by atoms with E-state index < -0.39 is 0 Å². The Balaban J connectivity index is 1.15. The minimum atomic E-state index is 0.873. The normalized spacial score (nSPS) is 11.5. The van der Waals surface area contributed by atoms with Gasteiger partial charge in [0.1, 0.15) is 11.2 Å². The SMILES string of the molecule is c1ccc(-c2ccccc2-c2cccc(N(c3ccc(-c4cccc5c4sc4ccccc45)cc3)c3cccc4oc5ccccc5c34)c2)cc1. The smallest absolute Gasteiger partial charge is 0.137 e. The largest absolute Gasteiger partial charge is 0.456 e. The van der Waals surface area contributed by atoms with Crippen LogP contribution in [-0.2, 0) is 0 Å². The van der Waals surface area contributed by atoms with E-state index in [1.807, 2.05) is 23.5 Å². The molecule has 0 radical (unpaired) electrons. The number of para-hydroxylation sites is 1. The summed E-state index contributed by atoms with van der Waals surface area (Å²) in [7, 11) is 0. The fraction of sp³-hybridized carbons (Fsp3) is 0. The monoisotopic (exact) mass is 669 g/mol. The minimum absolute atomic E-state index is 0.873. The molecule has 0 N–H and O–H groups in total. The van der Waals surface area contributed by atoms with E-state index in [1.54, 1.807) is 0 Å². The van der Waals surface area contributed by atoms with Crippen LogP contribution in [0, 0.1) is 0 Å². The lowest BCUT2D eigenvalue weighted by Crippen LogP contribution is -2.10. The van der Waals surface area contributed by atoms with Gasteiger partial charge in [0.25, 0.3) is 0 Å². The highest BCUT2D eigenvalue weighted by molar-refractivity contribution is 7.26. The molecule has 240 valence electrons. The highest BCUT2D eigenvalue weighted by atomic mass is 32.1. The van der Waals surface area contributed by atoms with Gasteiger partial charge in [-0.2, -0.15) is 0 Å². The molecule has 10 rings (SSSR count). The summed E-state index contributed by atoms with van der Waals surface area (Å²) in [5.41, 5.74) is 12.2. The molecule has 0 unspecified atom stereocenters. The molecule has 8 aromatic carbocycles. The molecule has 0 atom stereocenters. The van der Waals surface area contributed by atoms with Crippen molar-refractivity contribution in [1.29, 1.82) is 0 Å². The predicted molar refractivity (Wildman–Crippen MR) is 218 cm³/mol. The van der Waals surface area contributed by atoms with Crippen molar-refractivity contribution in [3.05, 3.63) is 188 Å². The van der Waals surface area contributed by atoms with Crippen molar-refractivity contribution in [2.24, 2.45) is 0 Å². The molecular formula is C48H31NOS. The van der Waals surface area contributed by atoms with E-state index in [0.717, 1.165) is 44.6 Å². The maximum Gasteiger partial charge on any atom is 0.137 e. The Morgan fingerprint density at radius 1 is 0.392 bits per heavy atom. The van der Waals surface area contributed by atoms with Gasteiger partial charge in [-0.15, -0.1) is 11.3 Å². The van der Waals surface area contributed by atoms with Gasteiger partial charge < -0.3 is 9.32 Å². The topological polar surface area (TPSA) is 16.4 Å². The highest BCUT2D eigenvalue weighted by Gasteiger charge is 2.20. The summed E-state index contributed by atoms with van der Waals surface area (Å²) in [6, 6.07) is 67.3. The van der Waals surface area contributed by atoms with Crippen LogP contribution in [0.3, 0.4) is 0 Å². The quantitative estimate of drug-likeness (QED) is 0.175. The van der Waals surface area contributed by atoms with E-state index in [2.05, 4.69) is 181 Å².